The molecule has 0 aromatic carbocycles. The molecule has 0 bridgehead atoms. The van der Waals surface area contributed by atoms with Crippen molar-refractivity contribution in [1.29, 1.82) is 0 Å². The number of thiophene rings is 1. The summed E-state index contributed by atoms with van der Waals surface area (Å²) in [5, 5.41) is 5.94. The molecule has 2 aromatic heterocycles. The van der Waals surface area contributed by atoms with Crippen molar-refractivity contribution in [2.75, 3.05) is 4.43 Å². The van der Waals surface area contributed by atoms with E-state index in [1.165, 1.54) is 0 Å². The van der Waals surface area contributed by atoms with E-state index in [0.29, 0.717) is 5.82 Å². The quantitative estimate of drug-likeness (QED) is 0.642. The molecule has 0 saturated heterocycles. The second kappa shape index (κ2) is 4.88. The monoisotopic (exact) mass is 320 g/mol. The summed E-state index contributed by atoms with van der Waals surface area (Å²) in [4.78, 5) is 5.38. The number of halogens is 1. The van der Waals surface area contributed by atoms with Gasteiger partial charge in [-0.1, -0.05) is 33.8 Å². The lowest BCUT2D eigenvalue weighted by Gasteiger charge is -1.87. The number of aromatic nitrogens is 2. The van der Waals surface area contributed by atoms with Crippen LogP contribution in [-0.2, 0) is 6.42 Å². The molecule has 0 N–H and O–H groups in total. The Morgan fingerprint density at radius 1 is 1.50 bits per heavy atom. The van der Waals surface area contributed by atoms with E-state index in [1.54, 1.807) is 11.3 Å². The molecule has 0 radical (unpaired) electrons. The third-order valence-electron chi connectivity index (χ3n) is 1.73. The highest BCUT2D eigenvalue weighted by atomic mass is 127. The number of alkyl halides is 1. The van der Waals surface area contributed by atoms with Crippen molar-refractivity contribution in [3.05, 3.63) is 23.4 Å². The van der Waals surface area contributed by atoms with Crippen LogP contribution in [0.4, 0.5) is 0 Å². The molecule has 74 valence electrons. The van der Waals surface area contributed by atoms with Gasteiger partial charge in [-0.2, -0.15) is 4.98 Å². The van der Waals surface area contributed by atoms with E-state index in [-0.39, 0.29) is 0 Å². The van der Waals surface area contributed by atoms with Crippen LogP contribution in [0.5, 0.6) is 0 Å². The Kier molecular flexibility index (Phi) is 3.52. The molecule has 0 aliphatic carbocycles. The fraction of sp³-hybridized carbons (Fsp3) is 0.333. The molecule has 0 aliphatic rings. The molecular formula is C9H9IN2OS. The van der Waals surface area contributed by atoms with Gasteiger partial charge < -0.3 is 4.52 Å². The highest BCUT2D eigenvalue weighted by molar-refractivity contribution is 14.1. The van der Waals surface area contributed by atoms with Gasteiger partial charge in [0.05, 0.1) is 4.88 Å². The summed E-state index contributed by atoms with van der Waals surface area (Å²) in [6.45, 7) is 0. The summed E-state index contributed by atoms with van der Waals surface area (Å²) in [6, 6.07) is 3.98. The average Bonchev–Trinajstić information content (AvgIpc) is 2.85. The highest BCUT2D eigenvalue weighted by Crippen LogP contribution is 2.21. The Morgan fingerprint density at radius 2 is 2.43 bits per heavy atom. The fourth-order valence-electron chi connectivity index (χ4n) is 1.08. The second-order valence-electron chi connectivity index (χ2n) is 2.78. The van der Waals surface area contributed by atoms with Crippen LogP contribution in [-0.4, -0.2) is 14.6 Å². The van der Waals surface area contributed by atoms with Crippen molar-refractivity contribution in [3.63, 3.8) is 0 Å². The van der Waals surface area contributed by atoms with Crippen LogP contribution >= 0.6 is 33.9 Å². The third-order valence-corrected chi connectivity index (χ3v) is 3.36. The Labute approximate surface area is 99.7 Å². The molecule has 0 aliphatic heterocycles. The molecule has 2 heterocycles. The van der Waals surface area contributed by atoms with Crippen LogP contribution in [0.3, 0.4) is 0 Å². The number of rotatable bonds is 4. The lowest BCUT2D eigenvalue weighted by Crippen LogP contribution is -1.85. The van der Waals surface area contributed by atoms with E-state index in [2.05, 4.69) is 32.7 Å². The first-order chi connectivity index (χ1) is 6.90. The normalized spacial score (nSPS) is 10.6. The minimum atomic E-state index is 0.712. The lowest BCUT2D eigenvalue weighted by molar-refractivity contribution is 0.378. The minimum absolute atomic E-state index is 0.712. The van der Waals surface area contributed by atoms with Gasteiger partial charge in [0.2, 0.25) is 11.7 Å². The standard InChI is InChI=1S/C9H9IN2OS/c10-5-1-4-8-11-9(12-13-8)7-3-2-6-14-7/h2-3,6H,1,4-5H2. The predicted octanol–water partition coefficient (Wildman–Crippen LogP) is 3.17. The molecule has 0 atom stereocenters. The number of nitrogens with zero attached hydrogens (tertiary/aromatic N) is 2. The van der Waals surface area contributed by atoms with Gasteiger partial charge in [-0.25, -0.2) is 0 Å². The minimum Gasteiger partial charge on any atom is -0.339 e. The van der Waals surface area contributed by atoms with Crippen LogP contribution in [0.25, 0.3) is 10.7 Å². The average molecular weight is 320 g/mol. The number of hydrogen-bond acceptors (Lipinski definition) is 4. The van der Waals surface area contributed by atoms with Crippen molar-refractivity contribution in [3.8, 4) is 10.7 Å². The third kappa shape index (κ3) is 2.33. The molecule has 0 unspecified atom stereocenters. The molecular weight excluding hydrogens is 311 g/mol. The van der Waals surface area contributed by atoms with Crippen LogP contribution in [0.1, 0.15) is 12.3 Å². The van der Waals surface area contributed by atoms with Gasteiger partial charge in [-0.15, -0.1) is 11.3 Å². The summed E-state index contributed by atoms with van der Waals surface area (Å²) in [5.41, 5.74) is 0. The summed E-state index contributed by atoms with van der Waals surface area (Å²) in [5.74, 6) is 1.45. The maximum absolute atomic E-state index is 5.13. The predicted molar refractivity (Wildman–Crippen MR) is 64.8 cm³/mol. The second-order valence-corrected chi connectivity index (χ2v) is 4.81. The van der Waals surface area contributed by atoms with E-state index < -0.39 is 0 Å². The Morgan fingerprint density at radius 3 is 3.14 bits per heavy atom. The van der Waals surface area contributed by atoms with Gasteiger partial charge in [0, 0.05) is 10.8 Å². The molecule has 2 rings (SSSR count). The summed E-state index contributed by atoms with van der Waals surface area (Å²) >= 11 is 3.97. The van der Waals surface area contributed by atoms with E-state index in [9.17, 15) is 0 Å². The Balaban J connectivity index is 2.10. The first-order valence-electron chi connectivity index (χ1n) is 4.32. The van der Waals surface area contributed by atoms with Crippen LogP contribution in [0, 0.1) is 0 Å². The van der Waals surface area contributed by atoms with Crippen molar-refractivity contribution in [2.24, 2.45) is 0 Å². The fourth-order valence-corrected chi connectivity index (χ4v) is 2.11. The maximum Gasteiger partial charge on any atom is 0.227 e. The molecule has 0 spiro atoms. The van der Waals surface area contributed by atoms with Gasteiger partial charge >= 0.3 is 0 Å². The first kappa shape index (κ1) is 10.1. The summed E-state index contributed by atoms with van der Waals surface area (Å²) in [6.07, 6.45) is 1.97. The highest BCUT2D eigenvalue weighted by Gasteiger charge is 2.08. The Bertz CT molecular complexity index is 385. The van der Waals surface area contributed by atoms with Crippen LogP contribution < -0.4 is 0 Å². The molecule has 0 fully saturated rings. The topological polar surface area (TPSA) is 38.9 Å². The molecule has 0 amide bonds. The lowest BCUT2D eigenvalue weighted by atomic mass is 10.3. The number of hydrogen-bond donors (Lipinski definition) is 0. The summed E-state index contributed by atoms with van der Waals surface area (Å²) in [7, 11) is 0. The SMILES string of the molecule is ICCCc1nc(-c2cccs2)no1. The van der Waals surface area contributed by atoms with E-state index in [4.69, 9.17) is 4.52 Å². The van der Waals surface area contributed by atoms with Gasteiger partial charge in [0.15, 0.2) is 0 Å². The van der Waals surface area contributed by atoms with Crippen molar-refractivity contribution < 1.29 is 4.52 Å². The van der Waals surface area contributed by atoms with Gasteiger partial charge in [0.1, 0.15) is 0 Å². The van der Waals surface area contributed by atoms with E-state index >= 15 is 0 Å². The number of aryl methyl sites for hydroxylation is 1. The molecule has 3 nitrogen and oxygen atoms in total. The van der Waals surface area contributed by atoms with Gasteiger partial charge in [0.25, 0.3) is 0 Å². The summed E-state index contributed by atoms with van der Waals surface area (Å²) < 4.78 is 6.25. The molecule has 14 heavy (non-hydrogen) atoms. The maximum atomic E-state index is 5.13. The van der Waals surface area contributed by atoms with Crippen LogP contribution in [0.15, 0.2) is 22.0 Å². The van der Waals surface area contributed by atoms with Gasteiger partial charge in [-0.3, -0.25) is 0 Å². The van der Waals surface area contributed by atoms with Crippen molar-refractivity contribution >= 4 is 33.9 Å². The smallest absolute Gasteiger partial charge is 0.227 e. The Hall–Kier alpha value is -0.430. The van der Waals surface area contributed by atoms with Crippen molar-refractivity contribution in [1.82, 2.24) is 10.1 Å². The first-order valence-corrected chi connectivity index (χ1v) is 6.73. The zero-order valence-electron chi connectivity index (χ0n) is 7.44. The van der Waals surface area contributed by atoms with Crippen molar-refractivity contribution in [2.45, 2.75) is 12.8 Å². The van der Waals surface area contributed by atoms with Crippen LogP contribution in [0.2, 0.25) is 0 Å². The van der Waals surface area contributed by atoms with E-state index in [0.717, 1.165) is 28.0 Å². The molecule has 2 aromatic rings. The zero-order valence-corrected chi connectivity index (χ0v) is 10.4. The molecule has 0 saturated carbocycles. The zero-order chi connectivity index (χ0) is 9.80. The molecule has 5 heteroatoms. The largest absolute Gasteiger partial charge is 0.339 e. The van der Waals surface area contributed by atoms with E-state index in [1.807, 2.05) is 17.5 Å². The van der Waals surface area contributed by atoms with Gasteiger partial charge in [-0.05, 0) is 17.9 Å².